The molecule has 11 heavy (non-hydrogen) atoms. The molecule has 60 valence electrons. The third-order valence-electron chi connectivity index (χ3n) is 1.20. The predicted molar refractivity (Wildman–Crippen MR) is 48.2 cm³/mol. The van der Waals surface area contributed by atoms with Crippen LogP contribution in [-0.2, 0) is 3.79 Å². The zero-order chi connectivity index (χ0) is 8.48. The van der Waals surface area contributed by atoms with Gasteiger partial charge in [-0.3, -0.25) is 4.98 Å². The summed E-state index contributed by atoms with van der Waals surface area (Å²) in [6.45, 7) is 1.90. The van der Waals surface area contributed by atoms with Crippen molar-refractivity contribution in [1.29, 1.82) is 0 Å². The van der Waals surface area contributed by atoms with Gasteiger partial charge in [0.1, 0.15) is 0 Å². The minimum atomic E-state index is -1.36. The van der Waals surface area contributed by atoms with Crippen molar-refractivity contribution < 1.29 is 0 Å². The fourth-order valence-electron chi connectivity index (χ4n) is 0.710. The van der Waals surface area contributed by atoms with Gasteiger partial charge in [0.05, 0.1) is 0 Å². The van der Waals surface area contributed by atoms with Gasteiger partial charge in [0.15, 0.2) is 0 Å². The average Bonchev–Trinajstić information content (AvgIpc) is 1.86. The van der Waals surface area contributed by atoms with Gasteiger partial charge in [-0.1, -0.05) is 34.8 Å². The summed E-state index contributed by atoms with van der Waals surface area (Å²) in [4.78, 5) is 3.90. The van der Waals surface area contributed by atoms with Crippen molar-refractivity contribution in [2.24, 2.45) is 0 Å². The Kier molecular flexibility index (Phi) is 2.63. The van der Waals surface area contributed by atoms with Crippen molar-refractivity contribution in [3.63, 3.8) is 0 Å². The molecule has 0 spiro atoms. The van der Waals surface area contributed by atoms with E-state index < -0.39 is 3.79 Å². The summed E-state index contributed by atoms with van der Waals surface area (Å²) in [6.07, 6.45) is 3.25. The summed E-state index contributed by atoms with van der Waals surface area (Å²) in [5, 5.41) is 0. The lowest BCUT2D eigenvalue weighted by Crippen LogP contribution is -2.00. The summed E-state index contributed by atoms with van der Waals surface area (Å²) in [5.74, 6) is 0. The molecule has 0 saturated heterocycles. The van der Waals surface area contributed by atoms with Gasteiger partial charge in [-0.05, 0) is 18.6 Å². The van der Waals surface area contributed by atoms with E-state index in [9.17, 15) is 0 Å². The molecule has 1 aromatic rings. The van der Waals surface area contributed by atoms with E-state index in [-0.39, 0.29) is 0 Å². The van der Waals surface area contributed by atoms with Gasteiger partial charge in [-0.15, -0.1) is 0 Å². The Bertz CT molecular complexity index is 254. The number of aryl methyl sites for hydroxylation is 1. The van der Waals surface area contributed by atoms with E-state index in [2.05, 4.69) is 4.98 Å². The number of nitrogens with zero attached hydrogens (tertiary/aromatic N) is 1. The van der Waals surface area contributed by atoms with Crippen molar-refractivity contribution in [1.82, 2.24) is 4.98 Å². The van der Waals surface area contributed by atoms with Crippen molar-refractivity contribution in [2.75, 3.05) is 0 Å². The molecule has 0 N–H and O–H groups in total. The fourth-order valence-corrected chi connectivity index (χ4v) is 1.02. The third kappa shape index (κ3) is 2.51. The van der Waals surface area contributed by atoms with E-state index in [1.54, 1.807) is 18.5 Å². The summed E-state index contributed by atoms with van der Waals surface area (Å²) >= 11 is 16.9. The lowest BCUT2D eigenvalue weighted by atomic mass is 10.2. The molecule has 0 aromatic carbocycles. The molecule has 1 rings (SSSR count). The van der Waals surface area contributed by atoms with E-state index >= 15 is 0 Å². The molecule has 0 aliphatic heterocycles. The Morgan fingerprint density at radius 3 is 2.27 bits per heavy atom. The second kappa shape index (κ2) is 3.18. The molecule has 4 heteroatoms. The van der Waals surface area contributed by atoms with Gasteiger partial charge >= 0.3 is 0 Å². The quantitative estimate of drug-likeness (QED) is 0.599. The van der Waals surface area contributed by atoms with Crippen LogP contribution >= 0.6 is 34.8 Å². The topological polar surface area (TPSA) is 12.9 Å². The molecule has 1 nitrogen and oxygen atoms in total. The SMILES string of the molecule is Cc1cncc(C(Cl)(Cl)Cl)c1. The predicted octanol–water partition coefficient (Wildman–Crippen LogP) is 3.22. The molecule has 1 aromatic heterocycles. The maximum atomic E-state index is 5.62. The summed E-state index contributed by atoms with van der Waals surface area (Å²) in [7, 11) is 0. The van der Waals surface area contributed by atoms with Crippen LogP contribution in [0.25, 0.3) is 0 Å². The first-order valence-electron chi connectivity index (χ1n) is 2.99. The Labute approximate surface area is 80.3 Å². The standard InChI is InChI=1S/C7H6Cl3N/c1-5-2-6(4-11-3-5)7(8,9)10/h2-4H,1H3. The van der Waals surface area contributed by atoms with Crippen LogP contribution in [0, 0.1) is 6.92 Å². The van der Waals surface area contributed by atoms with E-state index in [1.807, 2.05) is 6.92 Å². The smallest absolute Gasteiger partial charge is 0.217 e. The zero-order valence-corrected chi connectivity index (χ0v) is 8.08. The summed E-state index contributed by atoms with van der Waals surface area (Å²) in [5.41, 5.74) is 1.58. The molecular formula is C7H6Cl3N. The molecule has 1 heterocycles. The number of pyridine rings is 1. The van der Waals surface area contributed by atoms with Crippen molar-refractivity contribution >= 4 is 34.8 Å². The summed E-state index contributed by atoms with van der Waals surface area (Å²) in [6, 6.07) is 1.79. The number of hydrogen-bond donors (Lipinski definition) is 0. The number of alkyl halides is 3. The Hall–Kier alpha value is 0.0200. The highest BCUT2D eigenvalue weighted by atomic mass is 35.6. The molecule has 0 aliphatic carbocycles. The van der Waals surface area contributed by atoms with E-state index in [0.717, 1.165) is 5.56 Å². The van der Waals surface area contributed by atoms with Crippen LogP contribution in [0.2, 0.25) is 0 Å². The molecule has 0 amide bonds. The minimum absolute atomic E-state index is 0.600. The molecule has 0 bridgehead atoms. The third-order valence-corrected chi connectivity index (χ3v) is 1.86. The molecule has 0 unspecified atom stereocenters. The number of hydrogen-bond acceptors (Lipinski definition) is 1. The van der Waals surface area contributed by atoms with Gasteiger partial charge < -0.3 is 0 Å². The van der Waals surface area contributed by atoms with Crippen LogP contribution in [0.1, 0.15) is 11.1 Å². The molecular weight excluding hydrogens is 204 g/mol. The first-order chi connectivity index (χ1) is 5.00. The lowest BCUT2D eigenvalue weighted by Gasteiger charge is -2.10. The first-order valence-corrected chi connectivity index (χ1v) is 4.12. The highest BCUT2D eigenvalue weighted by Gasteiger charge is 2.22. The number of aromatic nitrogens is 1. The molecule has 0 fully saturated rings. The second-order valence-corrected chi connectivity index (χ2v) is 4.53. The van der Waals surface area contributed by atoms with Crippen molar-refractivity contribution in [3.8, 4) is 0 Å². The van der Waals surface area contributed by atoms with Crippen LogP contribution in [-0.4, -0.2) is 4.98 Å². The van der Waals surface area contributed by atoms with Crippen LogP contribution in [0.3, 0.4) is 0 Å². The van der Waals surface area contributed by atoms with Gasteiger partial charge in [-0.2, -0.15) is 0 Å². The number of rotatable bonds is 0. The normalized spacial score (nSPS) is 11.6. The molecule has 0 saturated carbocycles. The van der Waals surface area contributed by atoms with Crippen molar-refractivity contribution in [2.45, 2.75) is 10.7 Å². The first kappa shape index (κ1) is 9.11. The highest BCUT2D eigenvalue weighted by molar-refractivity contribution is 6.66. The molecule has 0 atom stereocenters. The van der Waals surface area contributed by atoms with Gasteiger partial charge in [0, 0.05) is 18.0 Å². The second-order valence-electron chi connectivity index (χ2n) is 2.25. The zero-order valence-electron chi connectivity index (χ0n) is 5.81. The Morgan fingerprint density at radius 2 is 1.91 bits per heavy atom. The molecule has 0 radical (unpaired) electrons. The van der Waals surface area contributed by atoms with Gasteiger partial charge in [-0.25, -0.2) is 0 Å². The lowest BCUT2D eigenvalue weighted by molar-refractivity contribution is 1.14. The number of halogens is 3. The van der Waals surface area contributed by atoms with Crippen LogP contribution < -0.4 is 0 Å². The highest BCUT2D eigenvalue weighted by Crippen LogP contribution is 2.37. The minimum Gasteiger partial charge on any atom is -0.264 e. The Balaban J connectivity index is 3.06. The average molecular weight is 210 g/mol. The van der Waals surface area contributed by atoms with Crippen LogP contribution in [0.15, 0.2) is 18.5 Å². The largest absolute Gasteiger partial charge is 0.264 e. The Morgan fingerprint density at radius 1 is 1.27 bits per heavy atom. The van der Waals surface area contributed by atoms with Gasteiger partial charge in [0.25, 0.3) is 0 Å². The maximum Gasteiger partial charge on any atom is 0.217 e. The fraction of sp³-hybridized carbons (Fsp3) is 0.286. The van der Waals surface area contributed by atoms with E-state index in [4.69, 9.17) is 34.8 Å². The van der Waals surface area contributed by atoms with Gasteiger partial charge in [0.2, 0.25) is 3.79 Å². The van der Waals surface area contributed by atoms with Crippen molar-refractivity contribution in [3.05, 3.63) is 29.6 Å². The van der Waals surface area contributed by atoms with E-state index in [0.29, 0.717) is 5.56 Å². The maximum absolute atomic E-state index is 5.62. The van der Waals surface area contributed by atoms with Crippen LogP contribution in [0.5, 0.6) is 0 Å². The summed E-state index contributed by atoms with van der Waals surface area (Å²) < 4.78 is -1.36. The van der Waals surface area contributed by atoms with E-state index in [1.165, 1.54) is 0 Å². The monoisotopic (exact) mass is 209 g/mol. The van der Waals surface area contributed by atoms with Crippen LogP contribution in [0.4, 0.5) is 0 Å². The molecule has 0 aliphatic rings.